The lowest BCUT2D eigenvalue weighted by Crippen LogP contribution is -2.51. The van der Waals surface area contributed by atoms with E-state index in [-0.39, 0.29) is 18.6 Å². The Bertz CT molecular complexity index is 981. The van der Waals surface area contributed by atoms with Crippen molar-refractivity contribution in [3.05, 3.63) is 46.8 Å². The third kappa shape index (κ3) is 5.04. The second kappa shape index (κ2) is 10.4. The van der Waals surface area contributed by atoms with E-state index in [9.17, 15) is 9.59 Å². The molecule has 0 spiro atoms. The first kappa shape index (κ1) is 23.3. The largest absolute Gasteiger partial charge is 0.497 e. The summed E-state index contributed by atoms with van der Waals surface area (Å²) in [6, 6.07) is 7.56. The number of morpholine rings is 1. The normalized spacial score (nSPS) is 17.4. The number of rotatable bonds is 7. The van der Waals surface area contributed by atoms with Crippen LogP contribution in [0.1, 0.15) is 41.2 Å². The average Bonchev–Trinajstić information content (AvgIpc) is 3.22. The van der Waals surface area contributed by atoms with Gasteiger partial charge in [-0.3, -0.25) is 14.4 Å². The molecule has 3 heterocycles. The molecule has 9 nitrogen and oxygen atoms in total. The number of benzene rings is 1. The van der Waals surface area contributed by atoms with Gasteiger partial charge in [0.1, 0.15) is 5.75 Å². The topological polar surface area (TPSA) is 86.1 Å². The fourth-order valence-corrected chi connectivity index (χ4v) is 4.46. The molecule has 2 aliphatic rings. The van der Waals surface area contributed by atoms with Crippen LogP contribution in [0.4, 0.5) is 0 Å². The van der Waals surface area contributed by atoms with E-state index in [0.29, 0.717) is 45.0 Å². The molecule has 9 heteroatoms. The number of aromatic nitrogens is 2. The van der Waals surface area contributed by atoms with Crippen molar-refractivity contribution in [3.63, 3.8) is 0 Å². The van der Waals surface area contributed by atoms with Crippen LogP contribution in [0.15, 0.2) is 24.3 Å². The van der Waals surface area contributed by atoms with Gasteiger partial charge in [-0.05, 0) is 31.5 Å². The maximum atomic E-state index is 13.3. The molecule has 1 saturated heterocycles. The summed E-state index contributed by atoms with van der Waals surface area (Å²) in [5.74, 6) is 0.412. The molecule has 0 bridgehead atoms. The number of hydrogen-bond acceptors (Lipinski definition) is 7. The zero-order valence-corrected chi connectivity index (χ0v) is 19.6. The molecular weight excluding hydrogens is 424 g/mol. The summed E-state index contributed by atoms with van der Waals surface area (Å²) in [7, 11) is 1.64. The van der Waals surface area contributed by atoms with Gasteiger partial charge < -0.3 is 19.1 Å². The fourth-order valence-electron chi connectivity index (χ4n) is 4.46. The van der Waals surface area contributed by atoms with Gasteiger partial charge in [-0.25, -0.2) is 4.79 Å². The van der Waals surface area contributed by atoms with Gasteiger partial charge in [-0.15, -0.1) is 0 Å². The van der Waals surface area contributed by atoms with Crippen molar-refractivity contribution in [2.24, 2.45) is 0 Å². The number of fused-ring (bicyclic) bond motifs is 1. The van der Waals surface area contributed by atoms with E-state index in [1.807, 2.05) is 40.8 Å². The van der Waals surface area contributed by atoms with E-state index in [4.69, 9.17) is 14.2 Å². The molecule has 1 fully saturated rings. The number of amides is 1. The lowest BCUT2D eigenvalue weighted by atomic mass is 10.0. The minimum Gasteiger partial charge on any atom is -0.497 e. The Morgan fingerprint density at radius 3 is 2.55 bits per heavy atom. The summed E-state index contributed by atoms with van der Waals surface area (Å²) in [5.41, 5.74) is 3.13. The van der Waals surface area contributed by atoms with Crippen LogP contribution in [0.2, 0.25) is 0 Å². The molecule has 1 atom stereocenters. The first-order valence-corrected chi connectivity index (χ1v) is 11.5. The highest BCUT2D eigenvalue weighted by molar-refractivity contribution is 5.90. The number of methoxy groups -OCH3 is 1. The zero-order chi connectivity index (χ0) is 23.4. The van der Waals surface area contributed by atoms with E-state index in [1.165, 1.54) is 0 Å². The molecule has 0 N–H and O–H groups in total. The molecule has 2 aromatic rings. The maximum absolute atomic E-state index is 13.3. The van der Waals surface area contributed by atoms with Gasteiger partial charge in [-0.1, -0.05) is 12.1 Å². The molecule has 33 heavy (non-hydrogen) atoms. The Morgan fingerprint density at radius 1 is 1.15 bits per heavy atom. The van der Waals surface area contributed by atoms with E-state index in [0.717, 1.165) is 35.7 Å². The van der Waals surface area contributed by atoms with Crippen LogP contribution in [0.5, 0.6) is 5.75 Å². The summed E-state index contributed by atoms with van der Waals surface area (Å²) < 4.78 is 17.8. The standard InChI is InChI=1S/C24H32N4O5/c1-4-33-24(30)22-20-16-27(23(29)17(2)26-11-13-32-14-12-26)10-9-21(20)28(25-22)15-18-5-7-19(31-3)8-6-18/h5-8,17H,4,9-16H2,1-3H3. The van der Waals surface area contributed by atoms with Crippen molar-refractivity contribution in [1.29, 1.82) is 0 Å². The molecular formula is C24H32N4O5. The molecule has 1 aromatic carbocycles. The quantitative estimate of drug-likeness (QED) is 0.587. The van der Waals surface area contributed by atoms with Crippen molar-refractivity contribution in [2.45, 2.75) is 39.4 Å². The smallest absolute Gasteiger partial charge is 0.359 e. The van der Waals surface area contributed by atoms with Crippen LogP contribution < -0.4 is 4.74 Å². The average molecular weight is 457 g/mol. The lowest BCUT2D eigenvalue weighted by molar-refractivity contribution is -0.139. The molecule has 0 aliphatic carbocycles. The Labute approximate surface area is 194 Å². The van der Waals surface area contributed by atoms with Crippen molar-refractivity contribution in [1.82, 2.24) is 19.6 Å². The number of ether oxygens (including phenoxy) is 3. The number of esters is 1. The van der Waals surface area contributed by atoms with E-state index < -0.39 is 5.97 Å². The van der Waals surface area contributed by atoms with Gasteiger partial charge >= 0.3 is 5.97 Å². The molecule has 1 aromatic heterocycles. The molecule has 1 amide bonds. The summed E-state index contributed by atoms with van der Waals surface area (Å²) in [6.07, 6.45) is 0.638. The molecule has 0 saturated carbocycles. The minimum atomic E-state index is -0.447. The van der Waals surface area contributed by atoms with Crippen molar-refractivity contribution in [2.75, 3.05) is 46.6 Å². The predicted molar refractivity (Wildman–Crippen MR) is 121 cm³/mol. The zero-order valence-electron chi connectivity index (χ0n) is 19.6. The van der Waals surface area contributed by atoms with Crippen molar-refractivity contribution in [3.8, 4) is 5.75 Å². The van der Waals surface area contributed by atoms with Crippen LogP contribution in [0.25, 0.3) is 0 Å². The molecule has 2 aliphatic heterocycles. The van der Waals surface area contributed by atoms with E-state index in [1.54, 1.807) is 14.0 Å². The molecule has 0 radical (unpaired) electrons. The minimum absolute atomic E-state index is 0.0697. The van der Waals surface area contributed by atoms with Crippen LogP contribution in [0, 0.1) is 0 Å². The Balaban J connectivity index is 1.57. The number of carbonyl (C=O) groups is 2. The van der Waals surface area contributed by atoms with E-state index in [2.05, 4.69) is 10.00 Å². The third-order valence-corrected chi connectivity index (χ3v) is 6.36. The number of nitrogens with zero attached hydrogens (tertiary/aromatic N) is 4. The van der Waals surface area contributed by atoms with Gasteiger partial charge in [0.05, 0.1) is 39.5 Å². The maximum Gasteiger partial charge on any atom is 0.359 e. The highest BCUT2D eigenvalue weighted by Crippen LogP contribution is 2.26. The van der Waals surface area contributed by atoms with Gasteiger partial charge in [0, 0.05) is 43.9 Å². The Morgan fingerprint density at radius 2 is 1.88 bits per heavy atom. The Hall–Kier alpha value is -2.91. The van der Waals surface area contributed by atoms with Gasteiger partial charge in [0.15, 0.2) is 5.69 Å². The molecule has 178 valence electrons. The third-order valence-electron chi connectivity index (χ3n) is 6.36. The van der Waals surface area contributed by atoms with Crippen LogP contribution in [0.3, 0.4) is 0 Å². The predicted octanol–water partition coefficient (Wildman–Crippen LogP) is 1.72. The van der Waals surface area contributed by atoms with Gasteiger partial charge in [0.25, 0.3) is 0 Å². The van der Waals surface area contributed by atoms with Gasteiger partial charge in [-0.2, -0.15) is 5.10 Å². The highest BCUT2D eigenvalue weighted by atomic mass is 16.5. The van der Waals surface area contributed by atoms with E-state index >= 15 is 0 Å². The van der Waals surface area contributed by atoms with Crippen molar-refractivity contribution < 1.29 is 23.8 Å². The highest BCUT2D eigenvalue weighted by Gasteiger charge is 2.34. The van der Waals surface area contributed by atoms with Gasteiger partial charge in [0.2, 0.25) is 5.91 Å². The Kier molecular flexibility index (Phi) is 7.29. The lowest BCUT2D eigenvalue weighted by Gasteiger charge is -2.36. The molecule has 1 unspecified atom stereocenters. The van der Waals surface area contributed by atoms with Crippen LogP contribution in [-0.2, 0) is 33.8 Å². The summed E-state index contributed by atoms with van der Waals surface area (Å²) in [4.78, 5) is 29.9. The molecule has 4 rings (SSSR count). The van der Waals surface area contributed by atoms with Crippen molar-refractivity contribution >= 4 is 11.9 Å². The second-order valence-corrected chi connectivity index (χ2v) is 8.33. The fraction of sp³-hybridized carbons (Fsp3) is 0.542. The number of hydrogen-bond donors (Lipinski definition) is 0. The summed E-state index contributed by atoms with van der Waals surface area (Å²) in [5, 5.41) is 4.62. The van der Waals surface area contributed by atoms with Crippen LogP contribution >= 0.6 is 0 Å². The monoisotopic (exact) mass is 456 g/mol. The first-order chi connectivity index (χ1) is 16.0. The second-order valence-electron chi connectivity index (χ2n) is 8.33. The van der Waals surface area contributed by atoms with Crippen LogP contribution in [-0.4, -0.2) is 84.1 Å². The summed E-state index contributed by atoms with van der Waals surface area (Å²) >= 11 is 0. The SMILES string of the molecule is CCOC(=O)c1nn(Cc2ccc(OC)cc2)c2c1CN(C(=O)C(C)N1CCOCC1)CC2. The first-order valence-electron chi connectivity index (χ1n) is 11.5. The number of carbonyl (C=O) groups excluding carboxylic acids is 2. The summed E-state index contributed by atoms with van der Waals surface area (Å²) in [6.45, 7) is 8.27.